The van der Waals surface area contributed by atoms with Gasteiger partial charge in [0.2, 0.25) is 5.91 Å². The van der Waals surface area contributed by atoms with E-state index in [-0.39, 0.29) is 17.3 Å². The zero-order chi connectivity index (χ0) is 17.7. The molecule has 126 valence electrons. The van der Waals surface area contributed by atoms with Crippen LogP contribution in [0.15, 0.2) is 29.6 Å². The van der Waals surface area contributed by atoms with Gasteiger partial charge < -0.3 is 10.2 Å². The second kappa shape index (κ2) is 8.18. The first kappa shape index (κ1) is 18.3. The van der Waals surface area contributed by atoms with Crippen molar-refractivity contribution < 1.29 is 9.72 Å². The van der Waals surface area contributed by atoms with Crippen LogP contribution >= 0.6 is 35.3 Å². The van der Waals surface area contributed by atoms with E-state index in [9.17, 15) is 14.9 Å². The van der Waals surface area contributed by atoms with Gasteiger partial charge in [0.1, 0.15) is 4.32 Å². The maximum absolute atomic E-state index is 11.9. The highest BCUT2D eigenvalue weighted by Crippen LogP contribution is 2.27. The molecule has 1 heterocycles. The molecule has 0 spiro atoms. The van der Waals surface area contributed by atoms with Crippen LogP contribution in [0.2, 0.25) is 0 Å². The van der Waals surface area contributed by atoms with E-state index < -0.39 is 4.92 Å². The topological polar surface area (TPSA) is 88.4 Å². The molecule has 1 aromatic heterocycles. The largest absolute Gasteiger partial charge is 0.364 e. The summed E-state index contributed by atoms with van der Waals surface area (Å²) >= 11 is 7.63. The lowest BCUT2D eigenvalue weighted by atomic mass is 10.1. The molecule has 0 fully saturated rings. The highest BCUT2D eigenvalue weighted by Gasteiger charge is 2.12. The van der Waals surface area contributed by atoms with Crippen LogP contribution in [0.25, 0.3) is 11.3 Å². The first-order valence-electron chi connectivity index (χ1n) is 6.71. The van der Waals surface area contributed by atoms with Crippen molar-refractivity contribution in [3.05, 3.63) is 39.8 Å². The average Bonchev–Trinajstić information content (AvgIpc) is 3.01. The van der Waals surface area contributed by atoms with Crippen LogP contribution in [0.5, 0.6) is 0 Å². The second-order valence-corrected chi connectivity index (χ2v) is 7.31. The smallest absolute Gasteiger partial charge is 0.270 e. The molecule has 0 bridgehead atoms. The quantitative estimate of drug-likeness (QED) is 0.482. The summed E-state index contributed by atoms with van der Waals surface area (Å²) in [4.78, 5) is 28.3. The van der Waals surface area contributed by atoms with E-state index in [1.54, 1.807) is 22.4 Å². The fraction of sp³-hybridized carbons (Fsp3) is 0.214. The minimum atomic E-state index is -0.455. The molecule has 2 aromatic rings. The lowest BCUT2D eigenvalue weighted by Crippen LogP contribution is -2.20. The van der Waals surface area contributed by atoms with Crippen LogP contribution < -0.4 is 5.32 Å². The summed E-state index contributed by atoms with van der Waals surface area (Å²) in [6.07, 6.45) is 0. The van der Waals surface area contributed by atoms with Crippen molar-refractivity contribution in [2.24, 2.45) is 0 Å². The fourth-order valence-electron chi connectivity index (χ4n) is 1.65. The van der Waals surface area contributed by atoms with E-state index in [1.807, 2.05) is 14.1 Å². The number of amides is 1. The van der Waals surface area contributed by atoms with Crippen LogP contribution in [-0.2, 0) is 4.79 Å². The number of anilines is 1. The Morgan fingerprint density at radius 3 is 2.92 bits per heavy atom. The molecule has 1 N–H and O–H groups in total. The monoisotopic (exact) mass is 382 g/mol. The van der Waals surface area contributed by atoms with Crippen LogP contribution in [0.3, 0.4) is 0 Å². The van der Waals surface area contributed by atoms with Crippen LogP contribution in [0.1, 0.15) is 0 Å². The van der Waals surface area contributed by atoms with E-state index in [1.165, 1.54) is 35.2 Å². The summed E-state index contributed by atoms with van der Waals surface area (Å²) in [5, 5.41) is 15.7. The summed E-state index contributed by atoms with van der Waals surface area (Å²) in [5.74, 6) is -0.00734. The van der Waals surface area contributed by atoms with Gasteiger partial charge in [0.15, 0.2) is 5.13 Å². The van der Waals surface area contributed by atoms with E-state index in [4.69, 9.17) is 12.2 Å². The summed E-state index contributed by atoms with van der Waals surface area (Å²) in [5.41, 5.74) is 1.21. The Bertz CT molecular complexity index is 776. The molecule has 0 aliphatic rings. The molecular weight excluding hydrogens is 368 g/mol. The Kier molecular flexibility index (Phi) is 6.23. The number of nitrogens with one attached hydrogen (secondary N) is 1. The van der Waals surface area contributed by atoms with Crippen LogP contribution in [-0.4, -0.2) is 44.9 Å². The van der Waals surface area contributed by atoms with Gasteiger partial charge in [-0.3, -0.25) is 14.9 Å². The van der Waals surface area contributed by atoms with Crippen molar-refractivity contribution in [3.8, 4) is 11.3 Å². The zero-order valence-corrected chi connectivity index (χ0v) is 15.3. The predicted molar refractivity (Wildman–Crippen MR) is 102 cm³/mol. The molecule has 0 atom stereocenters. The number of aromatic nitrogens is 1. The van der Waals surface area contributed by atoms with Crippen molar-refractivity contribution in [3.63, 3.8) is 0 Å². The molecule has 0 saturated carbocycles. The third-order valence-electron chi connectivity index (χ3n) is 2.80. The van der Waals surface area contributed by atoms with Gasteiger partial charge in [-0.2, -0.15) is 0 Å². The second-order valence-electron chi connectivity index (χ2n) is 4.84. The van der Waals surface area contributed by atoms with Crippen molar-refractivity contribution in [2.45, 2.75) is 0 Å². The number of rotatable bonds is 5. The molecule has 24 heavy (non-hydrogen) atoms. The van der Waals surface area contributed by atoms with Crippen molar-refractivity contribution >= 4 is 56.4 Å². The fourth-order valence-corrected chi connectivity index (χ4v) is 3.15. The molecule has 10 heteroatoms. The number of carbonyl (C=O) groups is 1. The number of thiocarbonyl (C=S) groups is 1. The number of benzene rings is 1. The number of nitro groups is 1. The molecule has 0 radical (unpaired) electrons. The van der Waals surface area contributed by atoms with Gasteiger partial charge in [0, 0.05) is 37.2 Å². The molecule has 2 rings (SSSR count). The number of nitrogens with zero attached hydrogens (tertiary/aromatic N) is 3. The van der Waals surface area contributed by atoms with Gasteiger partial charge in [-0.25, -0.2) is 4.98 Å². The van der Waals surface area contributed by atoms with Gasteiger partial charge in [0.25, 0.3) is 5.69 Å². The third-order valence-corrected chi connectivity index (χ3v) is 5.29. The highest BCUT2D eigenvalue weighted by molar-refractivity contribution is 8.23. The normalized spacial score (nSPS) is 10.2. The van der Waals surface area contributed by atoms with Crippen LogP contribution in [0.4, 0.5) is 10.8 Å². The SMILES string of the molecule is CN(C)C(=S)SCC(=O)Nc1nc(-c2cccc([N+](=O)[O-])c2)cs1. The van der Waals surface area contributed by atoms with Gasteiger partial charge in [-0.1, -0.05) is 36.1 Å². The summed E-state index contributed by atoms with van der Waals surface area (Å²) in [6, 6.07) is 6.21. The minimum Gasteiger partial charge on any atom is -0.364 e. The number of thiazole rings is 1. The van der Waals surface area contributed by atoms with Gasteiger partial charge in [-0.05, 0) is 0 Å². The molecular formula is C14H14N4O3S3. The molecule has 7 nitrogen and oxygen atoms in total. The van der Waals surface area contributed by atoms with E-state index >= 15 is 0 Å². The van der Waals surface area contributed by atoms with Crippen LogP contribution in [0, 0.1) is 10.1 Å². The maximum Gasteiger partial charge on any atom is 0.270 e. The lowest BCUT2D eigenvalue weighted by molar-refractivity contribution is -0.384. The number of hydrogen-bond acceptors (Lipinski definition) is 7. The summed E-state index contributed by atoms with van der Waals surface area (Å²) in [7, 11) is 3.64. The Labute approximate surface area is 152 Å². The molecule has 1 amide bonds. The molecule has 0 unspecified atom stereocenters. The average molecular weight is 382 g/mol. The molecule has 0 aliphatic carbocycles. The Balaban J connectivity index is 2.00. The molecule has 1 aromatic carbocycles. The highest BCUT2D eigenvalue weighted by atomic mass is 32.2. The van der Waals surface area contributed by atoms with E-state index in [2.05, 4.69) is 10.3 Å². The Hall–Kier alpha value is -2.04. The summed E-state index contributed by atoms with van der Waals surface area (Å²) < 4.78 is 0.626. The Morgan fingerprint density at radius 2 is 2.25 bits per heavy atom. The number of nitro benzene ring substituents is 1. The van der Waals surface area contributed by atoms with Gasteiger partial charge >= 0.3 is 0 Å². The van der Waals surface area contributed by atoms with Crippen molar-refractivity contribution in [2.75, 3.05) is 25.2 Å². The summed E-state index contributed by atoms with van der Waals surface area (Å²) in [6.45, 7) is 0. The minimum absolute atomic E-state index is 0.000293. The lowest BCUT2D eigenvalue weighted by Gasteiger charge is -2.11. The number of carbonyl (C=O) groups excluding carboxylic acids is 1. The number of non-ortho nitro benzene ring substituents is 1. The zero-order valence-electron chi connectivity index (χ0n) is 12.9. The number of hydrogen-bond donors (Lipinski definition) is 1. The predicted octanol–water partition coefficient (Wildman–Crippen LogP) is 3.24. The Morgan fingerprint density at radius 1 is 1.50 bits per heavy atom. The standard InChI is InChI=1S/C14H14N4O3S3/c1-17(2)14(22)24-8-12(19)16-13-15-11(7-23-13)9-4-3-5-10(6-9)18(20)21/h3-7H,8H2,1-2H3,(H,15,16,19). The third kappa shape index (κ3) is 4.98. The van der Waals surface area contributed by atoms with Crippen molar-refractivity contribution in [1.29, 1.82) is 0 Å². The first-order chi connectivity index (χ1) is 11.4. The molecule has 0 aliphatic heterocycles. The van der Waals surface area contributed by atoms with Gasteiger partial charge in [0.05, 0.1) is 16.4 Å². The van der Waals surface area contributed by atoms with E-state index in [0.717, 1.165) is 0 Å². The van der Waals surface area contributed by atoms with Crippen molar-refractivity contribution in [1.82, 2.24) is 9.88 Å². The van der Waals surface area contributed by atoms with Gasteiger partial charge in [-0.15, -0.1) is 11.3 Å². The van der Waals surface area contributed by atoms with E-state index in [0.29, 0.717) is 20.7 Å². The molecule has 0 saturated heterocycles. The number of thioether (sulfide) groups is 1. The first-order valence-corrected chi connectivity index (χ1v) is 8.98. The maximum atomic E-state index is 11.9.